The van der Waals surface area contributed by atoms with Crippen molar-refractivity contribution in [3.8, 4) is 0 Å². The Hall–Kier alpha value is -2.41. The third-order valence-corrected chi connectivity index (χ3v) is 4.63. The van der Waals surface area contributed by atoms with E-state index in [1.54, 1.807) is 24.3 Å². The Kier molecular flexibility index (Phi) is 7.15. The number of aryl methyl sites for hydroxylation is 2. The van der Waals surface area contributed by atoms with Crippen molar-refractivity contribution < 1.29 is 14.3 Å². The lowest BCUT2D eigenvalue weighted by atomic mass is 10.2. The minimum absolute atomic E-state index is 0.157. The molecule has 1 N–H and O–H groups in total. The van der Waals surface area contributed by atoms with Crippen molar-refractivity contribution in [2.24, 2.45) is 0 Å². The van der Waals surface area contributed by atoms with Crippen LogP contribution in [0.1, 0.15) is 40.7 Å². The maximum atomic E-state index is 12.1. The molecule has 0 bridgehead atoms. The number of ether oxygens (including phenoxy) is 1. The molecule has 1 aromatic heterocycles. The maximum Gasteiger partial charge on any atom is 0.338 e. The van der Waals surface area contributed by atoms with Crippen LogP contribution in [0, 0.1) is 20.8 Å². The fourth-order valence-corrected chi connectivity index (χ4v) is 2.84. The number of carbonyl (C=O) groups is 2. The number of esters is 1. The zero-order valence-corrected chi connectivity index (χ0v) is 16.3. The van der Waals surface area contributed by atoms with Gasteiger partial charge in [0.25, 0.3) is 0 Å². The van der Waals surface area contributed by atoms with Gasteiger partial charge in [-0.1, -0.05) is 18.7 Å². The third-order valence-electron chi connectivity index (χ3n) is 3.79. The van der Waals surface area contributed by atoms with Gasteiger partial charge in [0.05, 0.1) is 17.9 Å². The Morgan fingerprint density at radius 1 is 1.08 bits per heavy atom. The predicted octanol–water partition coefficient (Wildman–Crippen LogP) is 3.70. The number of nitrogens with zero attached hydrogens (tertiary/aromatic N) is 2. The van der Waals surface area contributed by atoms with E-state index in [1.165, 1.54) is 11.8 Å². The molecular weight excluding hydrogens is 350 g/mol. The van der Waals surface area contributed by atoms with Crippen LogP contribution in [-0.2, 0) is 9.53 Å². The van der Waals surface area contributed by atoms with Gasteiger partial charge in [0.15, 0.2) is 5.16 Å². The third kappa shape index (κ3) is 5.56. The molecule has 7 heteroatoms. The number of aromatic nitrogens is 2. The molecule has 1 heterocycles. The summed E-state index contributed by atoms with van der Waals surface area (Å²) in [6.07, 6.45) is 0.779. The summed E-state index contributed by atoms with van der Waals surface area (Å²) < 4.78 is 5.07. The number of thioether (sulfide) groups is 1. The molecule has 0 saturated heterocycles. The van der Waals surface area contributed by atoms with Crippen molar-refractivity contribution in [2.75, 3.05) is 17.7 Å². The van der Waals surface area contributed by atoms with Gasteiger partial charge in [-0.25, -0.2) is 14.8 Å². The van der Waals surface area contributed by atoms with Crippen molar-refractivity contribution in [3.63, 3.8) is 0 Å². The monoisotopic (exact) mass is 373 g/mol. The molecule has 0 unspecified atom stereocenters. The Balaban J connectivity index is 1.89. The highest BCUT2D eigenvalue weighted by Crippen LogP contribution is 2.18. The van der Waals surface area contributed by atoms with E-state index in [2.05, 4.69) is 15.3 Å². The summed E-state index contributed by atoms with van der Waals surface area (Å²) in [5.74, 6) is -0.305. The normalized spacial score (nSPS) is 10.5. The lowest BCUT2D eigenvalue weighted by Crippen LogP contribution is -2.14. The molecule has 0 fully saturated rings. The average molecular weight is 373 g/mol. The van der Waals surface area contributed by atoms with E-state index in [-0.39, 0.29) is 17.6 Å². The van der Waals surface area contributed by atoms with E-state index in [1.807, 2.05) is 27.7 Å². The van der Waals surface area contributed by atoms with Gasteiger partial charge in [0.2, 0.25) is 5.91 Å². The van der Waals surface area contributed by atoms with Gasteiger partial charge in [-0.05, 0) is 57.0 Å². The van der Waals surface area contributed by atoms with Crippen molar-refractivity contribution >= 4 is 29.3 Å². The van der Waals surface area contributed by atoms with Gasteiger partial charge in [-0.2, -0.15) is 0 Å². The molecule has 26 heavy (non-hydrogen) atoms. The molecule has 0 saturated carbocycles. The summed E-state index contributed by atoms with van der Waals surface area (Å²) in [6, 6.07) is 6.64. The SMILES string of the molecule is CCCOC(=O)c1ccc(NC(=O)CSc2nc(C)c(C)c(C)n2)cc1. The molecule has 0 radical (unpaired) electrons. The number of rotatable bonds is 7. The van der Waals surface area contributed by atoms with Crippen LogP contribution in [0.2, 0.25) is 0 Å². The zero-order valence-electron chi connectivity index (χ0n) is 15.5. The van der Waals surface area contributed by atoms with Crippen LogP contribution in [0.15, 0.2) is 29.4 Å². The zero-order chi connectivity index (χ0) is 19.1. The Morgan fingerprint density at radius 2 is 1.69 bits per heavy atom. The van der Waals surface area contributed by atoms with Gasteiger partial charge in [-0.15, -0.1) is 0 Å². The summed E-state index contributed by atoms with van der Waals surface area (Å²) in [4.78, 5) is 32.6. The molecule has 1 amide bonds. The molecular formula is C19H23N3O3S. The van der Waals surface area contributed by atoms with E-state index in [0.717, 1.165) is 23.4 Å². The summed E-state index contributed by atoms with van der Waals surface area (Å²) >= 11 is 1.29. The highest BCUT2D eigenvalue weighted by molar-refractivity contribution is 7.99. The van der Waals surface area contributed by atoms with Crippen LogP contribution in [0.25, 0.3) is 0 Å². The van der Waals surface area contributed by atoms with Gasteiger partial charge >= 0.3 is 5.97 Å². The highest BCUT2D eigenvalue weighted by Gasteiger charge is 2.10. The van der Waals surface area contributed by atoms with Crippen LogP contribution in [0.4, 0.5) is 5.69 Å². The molecule has 0 atom stereocenters. The molecule has 2 rings (SSSR count). The second kappa shape index (κ2) is 9.33. The molecule has 6 nitrogen and oxygen atoms in total. The van der Waals surface area contributed by atoms with E-state index in [4.69, 9.17) is 4.74 Å². The summed E-state index contributed by atoms with van der Waals surface area (Å²) in [6.45, 7) is 8.18. The quantitative estimate of drug-likeness (QED) is 0.453. The number of carbonyl (C=O) groups excluding carboxylic acids is 2. The molecule has 1 aromatic carbocycles. The summed E-state index contributed by atoms with van der Waals surface area (Å²) in [7, 11) is 0. The molecule has 0 aliphatic heterocycles. The Bertz CT molecular complexity index is 768. The fourth-order valence-electron chi connectivity index (χ4n) is 2.10. The summed E-state index contributed by atoms with van der Waals surface area (Å²) in [5.41, 5.74) is 4.00. The maximum absolute atomic E-state index is 12.1. The molecule has 0 aliphatic carbocycles. The van der Waals surface area contributed by atoms with Gasteiger partial charge in [0.1, 0.15) is 0 Å². The second-order valence-corrected chi connectivity index (χ2v) is 6.79. The van der Waals surface area contributed by atoms with Gasteiger partial charge in [-0.3, -0.25) is 4.79 Å². The number of anilines is 1. The lowest BCUT2D eigenvalue weighted by Gasteiger charge is -2.08. The van der Waals surface area contributed by atoms with E-state index in [0.29, 0.717) is 23.0 Å². The van der Waals surface area contributed by atoms with Crippen LogP contribution in [-0.4, -0.2) is 34.2 Å². The summed E-state index contributed by atoms with van der Waals surface area (Å²) in [5, 5.41) is 3.39. The molecule has 2 aromatic rings. The number of amides is 1. The van der Waals surface area contributed by atoms with E-state index in [9.17, 15) is 9.59 Å². The number of benzene rings is 1. The average Bonchev–Trinajstić information content (AvgIpc) is 2.63. The first-order valence-corrected chi connectivity index (χ1v) is 9.41. The molecule has 138 valence electrons. The Morgan fingerprint density at radius 3 is 2.27 bits per heavy atom. The van der Waals surface area contributed by atoms with Crippen molar-refractivity contribution in [2.45, 2.75) is 39.3 Å². The fraction of sp³-hybridized carbons (Fsp3) is 0.368. The second-order valence-electron chi connectivity index (χ2n) is 5.85. The van der Waals surface area contributed by atoms with Crippen LogP contribution in [0.3, 0.4) is 0 Å². The van der Waals surface area contributed by atoms with E-state index < -0.39 is 0 Å². The highest BCUT2D eigenvalue weighted by atomic mass is 32.2. The van der Waals surface area contributed by atoms with Crippen molar-refractivity contribution in [3.05, 3.63) is 46.8 Å². The minimum atomic E-state index is -0.359. The predicted molar refractivity (Wildman–Crippen MR) is 103 cm³/mol. The minimum Gasteiger partial charge on any atom is -0.462 e. The van der Waals surface area contributed by atoms with E-state index >= 15 is 0 Å². The van der Waals surface area contributed by atoms with Crippen LogP contribution in [0.5, 0.6) is 0 Å². The van der Waals surface area contributed by atoms with Crippen molar-refractivity contribution in [1.29, 1.82) is 0 Å². The first kappa shape index (κ1) is 19.9. The van der Waals surface area contributed by atoms with Gasteiger partial charge in [0, 0.05) is 17.1 Å². The first-order chi connectivity index (χ1) is 12.4. The smallest absolute Gasteiger partial charge is 0.338 e. The van der Waals surface area contributed by atoms with Crippen molar-refractivity contribution in [1.82, 2.24) is 9.97 Å². The first-order valence-electron chi connectivity index (χ1n) is 8.42. The molecule has 0 spiro atoms. The van der Waals surface area contributed by atoms with Crippen LogP contribution < -0.4 is 5.32 Å². The van der Waals surface area contributed by atoms with Crippen LogP contribution >= 0.6 is 11.8 Å². The number of hydrogen-bond acceptors (Lipinski definition) is 6. The molecule has 0 aliphatic rings. The Labute approximate surface area is 157 Å². The topological polar surface area (TPSA) is 81.2 Å². The van der Waals surface area contributed by atoms with Gasteiger partial charge < -0.3 is 10.1 Å². The number of nitrogens with one attached hydrogen (secondary N) is 1. The standard InChI is InChI=1S/C19H23N3O3S/c1-5-10-25-18(24)15-6-8-16(9-7-15)22-17(23)11-26-19-20-13(3)12(2)14(4)21-19/h6-9H,5,10-11H2,1-4H3,(H,22,23). The lowest BCUT2D eigenvalue weighted by molar-refractivity contribution is -0.113. The largest absolute Gasteiger partial charge is 0.462 e. The number of hydrogen-bond donors (Lipinski definition) is 1.